The summed E-state index contributed by atoms with van der Waals surface area (Å²) in [6.07, 6.45) is -0.404. The van der Waals surface area contributed by atoms with Crippen LogP contribution in [0.25, 0.3) is 5.65 Å². The number of nitrogens with zero attached hydrogens (tertiary/aromatic N) is 6. The summed E-state index contributed by atoms with van der Waals surface area (Å²) in [5, 5.41) is 18.2. The van der Waals surface area contributed by atoms with Crippen molar-refractivity contribution in [3.63, 3.8) is 0 Å². The van der Waals surface area contributed by atoms with Crippen LogP contribution in [0.1, 0.15) is 72.7 Å². The molecule has 7 rings (SSSR count). The Hall–Kier alpha value is -3.97. The number of hydrogen-bond donors (Lipinski definition) is 3. The molecule has 6 heterocycles. The van der Waals surface area contributed by atoms with Crippen LogP contribution in [0.3, 0.4) is 0 Å². The Balaban J connectivity index is 1.23. The van der Waals surface area contributed by atoms with E-state index < -0.39 is 45.9 Å². The molecule has 1 atom stereocenters. The van der Waals surface area contributed by atoms with Crippen molar-refractivity contribution in [1.82, 2.24) is 28.8 Å². The van der Waals surface area contributed by atoms with Crippen molar-refractivity contribution in [2.75, 3.05) is 59.2 Å². The summed E-state index contributed by atoms with van der Waals surface area (Å²) < 4.78 is 78.2. The third kappa shape index (κ3) is 7.75. The Morgan fingerprint density at radius 1 is 1.04 bits per heavy atom. The summed E-state index contributed by atoms with van der Waals surface area (Å²) >= 11 is 0. The highest BCUT2D eigenvalue weighted by molar-refractivity contribution is 8.22. The van der Waals surface area contributed by atoms with E-state index in [-0.39, 0.29) is 29.5 Å². The van der Waals surface area contributed by atoms with Gasteiger partial charge in [0.1, 0.15) is 17.1 Å². The normalized spacial score (nSPS) is 20.2. The predicted octanol–water partition coefficient (Wildman–Crippen LogP) is 6.10. The summed E-state index contributed by atoms with van der Waals surface area (Å²) in [7, 11) is -3.67. The zero-order valence-electron chi connectivity index (χ0n) is 31.4. The Morgan fingerprint density at radius 3 is 2.47 bits per heavy atom. The highest BCUT2D eigenvalue weighted by atomic mass is 32.3. The lowest BCUT2D eigenvalue weighted by atomic mass is 9.70. The van der Waals surface area contributed by atoms with E-state index in [4.69, 9.17) is 18.9 Å². The van der Waals surface area contributed by atoms with Gasteiger partial charge in [-0.05, 0) is 67.6 Å². The van der Waals surface area contributed by atoms with E-state index in [1.54, 1.807) is 43.3 Å². The lowest BCUT2D eigenvalue weighted by Gasteiger charge is -2.44. The lowest BCUT2D eigenvalue weighted by molar-refractivity contribution is -0.147. The van der Waals surface area contributed by atoms with Gasteiger partial charge in [0.05, 0.1) is 38.4 Å². The second-order valence-electron chi connectivity index (χ2n) is 15.1. The van der Waals surface area contributed by atoms with Crippen molar-refractivity contribution in [3.8, 4) is 11.8 Å². The first-order valence-corrected chi connectivity index (χ1v) is 19.9. The van der Waals surface area contributed by atoms with E-state index in [2.05, 4.69) is 20.1 Å². The number of benzene rings is 1. The van der Waals surface area contributed by atoms with Crippen LogP contribution in [0, 0.1) is 19.3 Å². The molecular weight excluding hydrogens is 739 g/mol. The molecule has 298 valence electrons. The fraction of sp³-hybridized carbons (Fsp3) is 0.526. The number of alkyl halides is 2. The molecule has 1 spiro atoms. The van der Waals surface area contributed by atoms with Crippen LogP contribution in [0.5, 0.6) is 11.8 Å². The fourth-order valence-electron chi connectivity index (χ4n) is 7.73. The molecule has 0 radical (unpaired) electrons. The van der Waals surface area contributed by atoms with Gasteiger partial charge in [-0.2, -0.15) is 9.29 Å². The first kappa shape index (κ1) is 39.3. The van der Waals surface area contributed by atoms with Crippen LogP contribution in [0.15, 0.2) is 47.5 Å². The molecule has 1 unspecified atom stereocenters. The molecule has 2 saturated heterocycles. The highest BCUT2D eigenvalue weighted by Gasteiger charge is 2.46. The average Bonchev–Trinajstić information content (AvgIpc) is 3.57. The van der Waals surface area contributed by atoms with Crippen molar-refractivity contribution >= 4 is 22.4 Å². The Kier molecular flexibility index (Phi) is 11.1. The summed E-state index contributed by atoms with van der Waals surface area (Å²) in [6, 6.07) is 10.5. The second kappa shape index (κ2) is 15.5. The van der Waals surface area contributed by atoms with Gasteiger partial charge < -0.3 is 24.1 Å². The van der Waals surface area contributed by atoms with Gasteiger partial charge in [-0.1, -0.05) is 18.2 Å². The number of halogens is 2. The molecule has 3 aromatic heterocycles. The van der Waals surface area contributed by atoms with Crippen molar-refractivity contribution in [1.29, 1.82) is 0 Å². The van der Waals surface area contributed by atoms with Crippen LogP contribution < -0.4 is 9.47 Å². The summed E-state index contributed by atoms with van der Waals surface area (Å²) in [4.78, 5) is 19.9. The number of morpholine rings is 1. The number of carbonyl (C=O) groups is 1. The second-order valence-corrected chi connectivity index (χ2v) is 17.1. The average molecular weight is 787 g/mol. The molecule has 0 amide bonds. The Morgan fingerprint density at radius 2 is 1.76 bits per heavy atom. The van der Waals surface area contributed by atoms with E-state index in [1.165, 1.54) is 10.6 Å². The minimum Gasteiger partial charge on any atom is -0.481 e. The minimum atomic E-state index is -3.67. The summed E-state index contributed by atoms with van der Waals surface area (Å²) in [5.41, 5.74) is 1.38. The molecule has 0 aliphatic carbocycles. The third-order valence-corrected chi connectivity index (χ3v) is 13.0. The van der Waals surface area contributed by atoms with Crippen molar-refractivity contribution < 1.29 is 46.7 Å². The van der Waals surface area contributed by atoms with E-state index >= 15 is 0 Å². The quantitative estimate of drug-likeness (QED) is 0.160. The van der Waals surface area contributed by atoms with E-state index in [0.29, 0.717) is 75.0 Å². The zero-order valence-corrected chi connectivity index (χ0v) is 32.2. The standard InChI is InChI=1S/C38H48F2N6O8S/c1-24-5-6-26(31(37(3,4)36(47)48)28-9-12-46-33(25(28)2)42-43-34(46)32(39)40)21-27(24)22-45-23-38(10-16-51-17-11-38)54-35-29(55(45,49)50)7-8-30(41-35)53-20-15-44-13-18-52-19-14-44/h5-9,12,21,31-32,49-50H,10-11,13-20,22-23H2,1-4H3,(H,47,48). The molecule has 14 nitrogen and oxygen atoms in total. The predicted molar refractivity (Wildman–Crippen MR) is 199 cm³/mol. The number of rotatable bonds is 11. The van der Waals surface area contributed by atoms with Gasteiger partial charge in [-0.25, -0.2) is 8.78 Å². The number of ether oxygens (including phenoxy) is 4. The van der Waals surface area contributed by atoms with Crippen molar-refractivity contribution in [2.24, 2.45) is 5.41 Å². The number of aliphatic carboxylic acids is 1. The maximum Gasteiger partial charge on any atom is 0.310 e. The van der Waals surface area contributed by atoms with Gasteiger partial charge in [0.15, 0.2) is 5.65 Å². The van der Waals surface area contributed by atoms with Gasteiger partial charge >= 0.3 is 5.97 Å². The Labute approximate surface area is 319 Å². The number of carboxylic acids is 1. The molecule has 1 aromatic carbocycles. The molecule has 17 heteroatoms. The van der Waals surface area contributed by atoms with Crippen LogP contribution >= 0.6 is 10.8 Å². The molecule has 2 fully saturated rings. The third-order valence-electron chi connectivity index (χ3n) is 11.1. The first-order chi connectivity index (χ1) is 26.2. The molecule has 3 aliphatic heterocycles. The topological polar surface area (TPSA) is 164 Å². The van der Waals surface area contributed by atoms with Crippen LogP contribution in [-0.4, -0.2) is 114 Å². The molecule has 3 aliphatic rings. The summed E-state index contributed by atoms with van der Waals surface area (Å²) in [5.74, 6) is -1.87. The molecule has 0 bridgehead atoms. The van der Waals surface area contributed by atoms with Gasteiger partial charge in [0.2, 0.25) is 17.6 Å². The zero-order chi connectivity index (χ0) is 39.1. The smallest absolute Gasteiger partial charge is 0.310 e. The maximum absolute atomic E-state index is 13.7. The van der Waals surface area contributed by atoms with E-state index in [0.717, 1.165) is 24.2 Å². The highest BCUT2D eigenvalue weighted by Crippen LogP contribution is 2.59. The molecule has 55 heavy (non-hydrogen) atoms. The van der Waals surface area contributed by atoms with Crippen LogP contribution in [0.2, 0.25) is 0 Å². The van der Waals surface area contributed by atoms with Gasteiger partial charge in [-0.3, -0.25) is 23.2 Å². The number of pyridine rings is 2. The number of hydrogen-bond acceptors (Lipinski definition) is 12. The van der Waals surface area contributed by atoms with E-state index in [1.807, 2.05) is 25.1 Å². The number of aryl methyl sites for hydroxylation is 2. The largest absolute Gasteiger partial charge is 0.481 e. The molecule has 4 aromatic rings. The number of fused-ring (bicyclic) bond motifs is 2. The number of carboxylic acid groups (broad SMARTS) is 1. The Bertz CT molecular complexity index is 2040. The van der Waals surface area contributed by atoms with Gasteiger partial charge in [0.25, 0.3) is 6.43 Å². The van der Waals surface area contributed by atoms with Crippen LogP contribution in [0.4, 0.5) is 8.78 Å². The monoisotopic (exact) mass is 786 g/mol. The van der Waals surface area contributed by atoms with Gasteiger partial charge in [0, 0.05) is 57.2 Å². The maximum atomic E-state index is 13.7. The van der Waals surface area contributed by atoms with E-state index in [9.17, 15) is 27.8 Å². The van der Waals surface area contributed by atoms with Crippen LogP contribution in [-0.2, 0) is 20.8 Å². The lowest BCUT2D eigenvalue weighted by Crippen LogP contribution is -2.49. The fourth-order valence-corrected chi connectivity index (χ4v) is 9.32. The summed E-state index contributed by atoms with van der Waals surface area (Å²) in [6.45, 7) is 12.1. The molecular formula is C38H48F2N6O8S. The van der Waals surface area contributed by atoms with Gasteiger partial charge in [-0.15, -0.1) is 21.0 Å². The molecule has 3 N–H and O–H groups in total. The molecule has 0 saturated carbocycles. The first-order valence-electron chi connectivity index (χ1n) is 18.4. The SMILES string of the molecule is Cc1ccc(C(c2ccn3c(C(F)F)nnc3c2C)C(C)(C)C(=O)O)cc1CN1CC2(CCOCC2)Oc2nc(OCCN3CCOCC3)ccc2S1(O)O. The number of aromatic nitrogens is 4. The van der Waals surface area contributed by atoms with Crippen molar-refractivity contribution in [3.05, 3.63) is 76.2 Å². The minimum absolute atomic E-state index is 0.0887. The van der Waals surface area contributed by atoms with Crippen molar-refractivity contribution in [2.45, 2.75) is 69.9 Å².